The maximum atomic E-state index is 11.9. The van der Waals surface area contributed by atoms with Crippen LogP contribution in [0.3, 0.4) is 0 Å². The van der Waals surface area contributed by atoms with E-state index in [0.717, 1.165) is 0 Å². The minimum Gasteiger partial charge on any atom is -0.493 e. The van der Waals surface area contributed by atoms with E-state index in [9.17, 15) is 9.59 Å². The fourth-order valence-electron chi connectivity index (χ4n) is 1.82. The van der Waals surface area contributed by atoms with Crippen LogP contribution in [0.15, 0.2) is 35.8 Å². The number of methoxy groups -OCH3 is 3. The van der Waals surface area contributed by atoms with Crippen molar-refractivity contribution in [3.05, 3.63) is 35.8 Å². The topological polar surface area (TPSA) is 80.3 Å². The van der Waals surface area contributed by atoms with Crippen molar-refractivity contribution in [3.8, 4) is 0 Å². The molecule has 1 heterocycles. The summed E-state index contributed by atoms with van der Waals surface area (Å²) in [5, 5.41) is 0. The van der Waals surface area contributed by atoms with Gasteiger partial charge in [0.25, 0.3) is 5.76 Å². The highest BCUT2D eigenvalue weighted by Gasteiger charge is 2.43. The van der Waals surface area contributed by atoms with Crippen molar-refractivity contribution in [2.24, 2.45) is 0 Å². The summed E-state index contributed by atoms with van der Waals surface area (Å²) in [5.74, 6) is -1.67. The Morgan fingerprint density at radius 3 is 2.59 bits per heavy atom. The molecule has 0 aliphatic carbocycles. The van der Waals surface area contributed by atoms with Crippen molar-refractivity contribution in [2.45, 2.75) is 19.1 Å². The number of carbonyl (C=O) groups is 2. The lowest BCUT2D eigenvalue weighted by Gasteiger charge is -2.21. The van der Waals surface area contributed by atoms with Gasteiger partial charge in [-0.1, -0.05) is 18.2 Å². The molecule has 7 nitrogen and oxygen atoms in total. The van der Waals surface area contributed by atoms with Gasteiger partial charge in [0.1, 0.15) is 6.10 Å². The number of allylic oxidation sites excluding steroid dienone is 3. The lowest BCUT2D eigenvalue weighted by Crippen LogP contribution is -2.34. The molecule has 0 fully saturated rings. The Balaban J connectivity index is 2.93. The maximum absolute atomic E-state index is 11.9. The second-order valence-electron chi connectivity index (χ2n) is 4.26. The molecular formula is C15H20O7. The molecule has 0 spiro atoms. The van der Waals surface area contributed by atoms with E-state index in [1.807, 2.05) is 0 Å². The van der Waals surface area contributed by atoms with Gasteiger partial charge in [-0.2, -0.15) is 0 Å². The van der Waals surface area contributed by atoms with Crippen LogP contribution >= 0.6 is 0 Å². The predicted molar refractivity (Wildman–Crippen MR) is 76.6 cm³/mol. The number of rotatable bonds is 8. The van der Waals surface area contributed by atoms with Crippen molar-refractivity contribution in [2.75, 3.05) is 27.9 Å². The normalized spacial score (nSPS) is 19.8. The Bertz CT molecular complexity index is 490. The second-order valence-corrected chi connectivity index (χ2v) is 4.26. The van der Waals surface area contributed by atoms with Crippen LogP contribution in [-0.4, -0.2) is 52.1 Å². The fraction of sp³-hybridized carbons (Fsp3) is 0.467. The number of ether oxygens (including phenoxy) is 5. The van der Waals surface area contributed by atoms with E-state index in [-0.39, 0.29) is 18.1 Å². The second kappa shape index (κ2) is 9.01. The van der Waals surface area contributed by atoms with Crippen molar-refractivity contribution in [1.82, 2.24) is 0 Å². The van der Waals surface area contributed by atoms with E-state index in [1.165, 1.54) is 33.5 Å². The summed E-state index contributed by atoms with van der Waals surface area (Å²) in [7, 11) is 4.30. The molecule has 122 valence electrons. The van der Waals surface area contributed by atoms with E-state index >= 15 is 0 Å². The van der Waals surface area contributed by atoms with Gasteiger partial charge in [-0.25, -0.2) is 9.59 Å². The zero-order valence-corrected chi connectivity index (χ0v) is 13.0. The molecule has 1 aliphatic heterocycles. The lowest BCUT2D eigenvalue weighted by atomic mass is 10.2. The molecule has 7 heteroatoms. The summed E-state index contributed by atoms with van der Waals surface area (Å²) in [6.45, 7) is 1.99. The van der Waals surface area contributed by atoms with Crippen LogP contribution in [-0.2, 0) is 33.3 Å². The first-order chi connectivity index (χ1) is 10.6. The van der Waals surface area contributed by atoms with Crippen molar-refractivity contribution in [1.29, 1.82) is 0 Å². The quantitative estimate of drug-likeness (QED) is 0.377. The average molecular weight is 312 g/mol. The Morgan fingerprint density at radius 2 is 2.05 bits per heavy atom. The summed E-state index contributed by atoms with van der Waals surface area (Å²) >= 11 is 0. The first kappa shape index (κ1) is 17.9. The van der Waals surface area contributed by atoms with Gasteiger partial charge in [0.2, 0.25) is 0 Å². The van der Waals surface area contributed by atoms with Crippen LogP contribution in [0.1, 0.15) is 6.92 Å². The first-order valence-electron chi connectivity index (χ1n) is 6.61. The van der Waals surface area contributed by atoms with Crippen LogP contribution < -0.4 is 0 Å². The van der Waals surface area contributed by atoms with Gasteiger partial charge in [0.15, 0.2) is 11.9 Å². The van der Waals surface area contributed by atoms with Gasteiger partial charge in [0, 0.05) is 20.3 Å². The molecule has 0 aromatic rings. The van der Waals surface area contributed by atoms with E-state index in [4.69, 9.17) is 23.7 Å². The van der Waals surface area contributed by atoms with E-state index in [0.29, 0.717) is 0 Å². The molecule has 2 unspecified atom stereocenters. The van der Waals surface area contributed by atoms with Crippen molar-refractivity contribution >= 4 is 11.9 Å². The smallest absolute Gasteiger partial charge is 0.378 e. The molecule has 0 saturated heterocycles. The Labute approximate surface area is 129 Å². The molecule has 0 saturated carbocycles. The number of cyclic esters (lactones) is 1. The van der Waals surface area contributed by atoms with Gasteiger partial charge in [-0.15, -0.1) is 0 Å². The highest BCUT2D eigenvalue weighted by molar-refractivity contribution is 5.94. The van der Waals surface area contributed by atoms with Crippen LogP contribution in [0.2, 0.25) is 0 Å². The summed E-state index contributed by atoms with van der Waals surface area (Å²) in [4.78, 5) is 23.5. The minimum atomic E-state index is -0.829. The van der Waals surface area contributed by atoms with Gasteiger partial charge in [-0.3, -0.25) is 0 Å². The standard InChI is InChI=1S/C15H20O7/c1-5-6-7-8-11(16)21-14-13(20-4)12(22-15(14)17)10(19-3)9-18-2/h5-8,10,12H,9H2,1-4H3/b6-5+,8-7+. The number of carbonyl (C=O) groups excluding carboxylic acids is 2. The molecule has 0 radical (unpaired) electrons. The molecule has 1 aliphatic rings. The third-order valence-electron chi connectivity index (χ3n) is 2.83. The average Bonchev–Trinajstić information content (AvgIpc) is 2.81. The molecule has 1 rings (SSSR count). The molecule has 0 N–H and O–H groups in total. The number of esters is 2. The minimum absolute atomic E-state index is 0.0988. The number of hydrogen-bond donors (Lipinski definition) is 0. The highest BCUT2D eigenvalue weighted by Crippen LogP contribution is 2.28. The molecule has 22 heavy (non-hydrogen) atoms. The molecule has 0 bridgehead atoms. The van der Waals surface area contributed by atoms with Crippen molar-refractivity contribution < 1.29 is 33.3 Å². The van der Waals surface area contributed by atoms with Gasteiger partial charge < -0.3 is 23.7 Å². The van der Waals surface area contributed by atoms with Crippen molar-refractivity contribution in [3.63, 3.8) is 0 Å². The number of hydrogen-bond acceptors (Lipinski definition) is 7. The van der Waals surface area contributed by atoms with Gasteiger partial charge in [0.05, 0.1) is 13.7 Å². The molecule has 0 aromatic carbocycles. The van der Waals surface area contributed by atoms with Crippen LogP contribution in [0.25, 0.3) is 0 Å². The molecule has 0 aromatic heterocycles. The SMILES string of the molecule is C/C=C/C=C/C(=O)OC1=C(OC)C(C(COC)OC)OC1=O. The Kier molecular flexibility index (Phi) is 7.34. The lowest BCUT2D eigenvalue weighted by molar-refractivity contribution is -0.153. The third-order valence-corrected chi connectivity index (χ3v) is 2.83. The summed E-state index contributed by atoms with van der Waals surface area (Å²) in [6, 6.07) is 0. The molecule has 2 atom stereocenters. The van der Waals surface area contributed by atoms with Gasteiger partial charge in [-0.05, 0) is 6.92 Å². The van der Waals surface area contributed by atoms with Crippen LogP contribution in [0, 0.1) is 0 Å². The van der Waals surface area contributed by atoms with Crippen LogP contribution in [0.4, 0.5) is 0 Å². The van der Waals surface area contributed by atoms with E-state index < -0.39 is 24.1 Å². The van der Waals surface area contributed by atoms with E-state index in [2.05, 4.69) is 0 Å². The fourth-order valence-corrected chi connectivity index (χ4v) is 1.82. The van der Waals surface area contributed by atoms with Gasteiger partial charge >= 0.3 is 11.9 Å². The summed E-state index contributed by atoms with van der Waals surface area (Å²) < 4.78 is 25.5. The highest BCUT2D eigenvalue weighted by atomic mass is 16.6. The first-order valence-corrected chi connectivity index (χ1v) is 6.61. The zero-order chi connectivity index (χ0) is 16.5. The molecular weight excluding hydrogens is 292 g/mol. The zero-order valence-electron chi connectivity index (χ0n) is 13.0. The Hall–Kier alpha value is -2.12. The predicted octanol–water partition coefficient (Wildman–Crippen LogP) is 1.11. The molecule has 0 amide bonds. The van der Waals surface area contributed by atoms with Crippen LogP contribution in [0.5, 0.6) is 0 Å². The third kappa shape index (κ3) is 4.44. The largest absolute Gasteiger partial charge is 0.493 e. The monoisotopic (exact) mass is 312 g/mol. The van der Waals surface area contributed by atoms with E-state index in [1.54, 1.807) is 19.1 Å². The summed E-state index contributed by atoms with van der Waals surface area (Å²) in [6.07, 6.45) is 4.68. The Morgan fingerprint density at radius 1 is 1.32 bits per heavy atom. The maximum Gasteiger partial charge on any atom is 0.378 e. The summed E-state index contributed by atoms with van der Waals surface area (Å²) in [5.41, 5.74) is 0.